The maximum Gasteiger partial charge on any atom is 0.0246 e. The molecule has 0 unspecified atom stereocenters. The average Bonchev–Trinajstić information content (AvgIpc) is 1.95. The molecule has 1 radical (unpaired) electrons. The Morgan fingerprint density at radius 2 is 1.80 bits per heavy atom. The molecule has 0 aliphatic heterocycles. The van der Waals surface area contributed by atoms with Crippen molar-refractivity contribution in [1.29, 1.82) is 0 Å². The van der Waals surface area contributed by atoms with Gasteiger partial charge in [-0.1, -0.05) is 27.8 Å². The van der Waals surface area contributed by atoms with E-state index in [1.165, 1.54) is 0 Å². The minimum Gasteiger partial charge on any atom is -0.0969 e. The average molecular weight is 194 g/mol. The van der Waals surface area contributed by atoms with Crippen LogP contribution in [0, 0.1) is 18.8 Å². The number of benzene rings is 1. The van der Waals surface area contributed by atoms with Crippen LogP contribution in [0.2, 0.25) is 0 Å². The van der Waals surface area contributed by atoms with Crippen LogP contribution in [0.1, 0.15) is 5.56 Å². The van der Waals surface area contributed by atoms with Crippen molar-refractivity contribution in [3.05, 3.63) is 41.2 Å². The van der Waals surface area contributed by atoms with E-state index in [4.69, 9.17) is 0 Å². The molecule has 1 rings (SSSR count). The molecule has 0 saturated heterocycles. The van der Waals surface area contributed by atoms with Gasteiger partial charge in [0.25, 0.3) is 0 Å². The van der Waals surface area contributed by atoms with Crippen molar-refractivity contribution in [2.75, 3.05) is 0 Å². The van der Waals surface area contributed by atoms with E-state index in [1.807, 2.05) is 24.3 Å². The van der Waals surface area contributed by atoms with Crippen LogP contribution in [0.15, 0.2) is 28.7 Å². The molecule has 0 aliphatic rings. The van der Waals surface area contributed by atoms with E-state index in [2.05, 4.69) is 34.7 Å². The summed E-state index contributed by atoms with van der Waals surface area (Å²) in [5.74, 6) is 5.44. The summed E-state index contributed by atoms with van der Waals surface area (Å²) in [6.45, 7) is 3.43. The van der Waals surface area contributed by atoms with Gasteiger partial charge in [-0.15, -0.1) is 0 Å². The standard InChI is InChI=1S/C9H6Br/c1-2-3-8-4-6-9(10)7-5-8/h4-7H,1H2. The summed E-state index contributed by atoms with van der Waals surface area (Å²) in [6, 6.07) is 7.81. The SMILES string of the molecule is [CH2]C#Cc1ccc(Br)cc1. The maximum absolute atomic E-state index is 3.43. The molecule has 0 spiro atoms. The summed E-state index contributed by atoms with van der Waals surface area (Å²) in [5.41, 5.74) is 0.998. The normalized spacial score (nSPS) is 8.20. The second-order valence-electron chi connectivity index (χ2n) is 1.81. The number of halogens is 1. The molecule has 1 heteroatoms. The Kier molecular flexibility index (Phi) is 2.53. The number of hydrogen-bond donors (Lipinski definition) is 0. The Morgan fingerprint density at radius 1 is 1.20 bits per heavy atom. The van der Waals surface area contributed by atoms with Crippen LogP contribution in [0.5, 0.6) is 0 Å². The molecular formula is C9H6Br. The Labute approximate surface area is 69.4 Å². The lowest BCUT2D eigenvalue weighted by molar-refractivity contribution is 1.60. The van der Waals surface area contributed by atoms with Gasteiger partial charge in [0.05, 0.1) is 0 Å². The first-order valence-corrected chi connectivity index (χ1v) is 3.66. The van der Waals surface area contributed by atoms with Gasteiger partial charge in [-0.3, -0.25) is 0 Å². The zero-order valence-corrected chi connectivity index (χ0v) is 6.98. The summed E-state index contributed by atoms with van der Waals surface area (Å²) in [5, 5.41) is 0. The van der Waals surface area contributed by atoms with Crippen LogP contribution >= 0.6 is 15.9 Å². The highest BCUT2D eigenvalue weighted by Gasteiger charge is 1.84. The summed E-state index contributed by atoms with van der Waals surface area (Å²) < 4.78 is 1.07. The molecule has 0 heterocycles. The zero-order valence-electron chi connectivity index (χ0n) is 5.39. The second kappa shape index (κ2) is 3.43. The van der Waals surface area contributed by atoms with Crippen LogP contribution in [0.3, 0.4) is 0 Å². The highest BCUT2D eigenvalue weighted by atomic mass is 79.9. The van der Waals surface area contributed by atoms with Crippen molar-refractivity contribution in [2.24, 2.45) is 0 Å². The summed E-state index contributed by atoms with van der Waals surface area (Å²) >= 11 is 3.33. The van der Waals surface area contributed by atoms with Crippen molar-refractivity contribution in [2.45, 2.75) is 0 Å². The predicted molar refractivity (Wildman–Crippen MR) is 46.4 cm³/mol. The third-order valence-corrected chi connectivity index (χ3v) is 1.61. The van der Waals surface area contributed by atoms with Crippen LogP contribution in [-0.2, 0) is 0 Å². The van der Waals surface area contributed by atoms with Gasteiger partial charge in [-0.25, -0.2) is 0 Å². The number of hydrogen-bond acceptors (Lipinski definition) is 0. The van der Waals surface area contributed by atoms with Crippen LogP contribution in [0.25, 0.3) is 0 Å². The molecule has 0 nitrogen and oxygen atoms in total. The lowest BCUT2D eigenvalue weighted by Crippen LogP contribution is -1.70. The summed E-state index contributed by atoms with van der Waals surface area (Å²) in [6.07, 6.45) is 0. The zero-order chi connectivity index (χ0) is 7.40. The van der Waals surface area contributed by atoms with Crippen LogP contribution in [0.4, 0.5) is 0 Å². The molecule has 10 heavy (non-hydrogen) atoms. The summed E-state index contributed by atoms with van der Waals surface area (Å²) in [7, 11) is 0. The van der Waals surface area contributed by atoms with Gasteiger partial charge in [0, 0.05) is 17.0 Å². The first kappa shape index (κ1) is 7.37. The first-order valence-electron chi connectivity index (χ1n) is 2.86. The molecule has 0 N–H and O–H groups in total. The van der Waals surface area contributed by atoms with E-state index in [0.29, 0.717) is 0 Å². The van der Waals surface area contributed by atoms with Crippen molar-refractivity contribution >= 4 is 15.9 Å². The fourth-order valence-corrected chi connectivity index (χ4v) is 0.900. The van der Waals surface area contributed by atoms with E-state index in [1.54, 1.807) is 0 Å². The highest BCUT2D eigenvalue weighted by molar-refractivity contribution is 9.10. The Morgan fingerprint density at radius 3 is 2.30 bits per heavy atom. The fraction of sp³-hybridized carbons (Fsp3) is 0. The minimum absolute atomic E-state index is 0.998. The molecular weight excluding hydrogens is 188 g/mol. The van der Waals surface area contributed by atoms with Gasteiger partial charge in [0.15, 0.2) is 0 Å². The van der Waals surface area contributed by atoms with E-state index < -0.39 is 0 Å². The molecule has 1 aromatic carbocycles. The van der Waals surface area contributed by atoms with E-state index in [-0.39, 0.29) is 0 Å². The molecule has 0 amide bonds. The van der Waals surface area contributed by atoms with Crippen LogP contribution in [-0.4, -0.2) is 0 Å². The first-order chi connectivity index (χ1) is 4.83. The Bertz CT molecular complexity index is 261. The Hall–Kier alpha value is -0.740. The van der Waals surface area contributed by atoms with Gasteiger partial charge >= 0.3 is 0 Å². The Balaban J connectivity index is 2.97. The van der Waals surface area contributed by atoms with E-state index >= 15 is 0 Å². The van der Waals surface area contributed by atoms with Crippen molar-refractivity contribution in [3.8, 4) is 11.8 Å². The monoisotopic (exact) mass is 193 g/mol. The van der Waals surface area contributed by atoms with E-state index in [9.17, 15) is 0 Å². The third kappa shape index (κ3) is 1.89. The van der Waals surface area contributed by atoms with Gasteiger partial charge in [-0.05, 0) is 24.3 Å². The smallest absolute Gasteiger partial charge is 0.0246 e. The molecule has 1 aromatic rings. The van der Waals surface area contributed by atoms with Gasteiger partial charge in [0.1, 0.15) is 0 Å². The third-order valence-electron chi connectivity index (χ3n) is 1.08. The lowest BCUT2D eigenvalue weighted by atomic mass is 10.2. The van der Waals surface area contributed by atoms with Gasteiger partial charge in [0.2, 0.25) is 0 Å². The molecule has 0 atom stereocenters. The molecule has 0 bridgehead atoms. The topological polar surface area (TPSA) is 0 Å². The van der Waals surface area contributed by atoms with Gasteiger partial charge < -0.3 is 0 Å². The van der Waals surface area contributed by atoms with Crippen molar-refractivity contribution < 1.29 is 0 Å². The van der Waals surface area contributed by atoms with Crippen LogP contribution < -0.4 is 0 Å². The maximum atomic E-state index is 3.43. The largest absolute Gasteiger partial charge is 0.0969 e. The van der Waals surface area contributed by atoms with Crippen molar-refractivity contribution in [1.82, 2.24) is 0 Å². The quantitative estimate of drug-likeness (QED) is 0.557. The highest BCUT2D eigenvalue weighted by Crippen LogP contribution is 2.09. The molecule has 0 aromatic heterocycles. The lowest BCUT2D eigenvalue weighted by Gasteiger charge is -1.88. The second-order valence-corrected chi connectivity index (χ2v) is 2.72. The molecule has 49 valence electrons. The van der Waals surface area contributed by atoms with Crippen molar-refractivity contribution in [3.63, 3.8) is 0 Å². The molecule has 0 aliphatic carbocycles. The summed E-state index contributed by atoms with van der Waals surface area (Å²) in [4.78, 5) is 0. The minimum atomic E-state index is 0.998. The van der Waals surface area contributed by atoms with E-state index in [0.717, 1.165) is 10.0 Å². The fourth-order valence-electron chi connectivity index (χ4n) is 0.635. The molecule has 0 saturated carbocycles. The number of rotatable bonds is 0. The predicted octanol–water partition coefficient (Wildman–Crippen LogP) is 2.63. The molecule has 0 fully saturated rings. The van der Waals surface area contributed by atoms with Gasteiger partial charge in [-0.2, -0.15) is 0 Å².